The molecule has 0 spiro atoms. The first kappa shape index (κ1) is 16.1. The van der Waals surface area contributed by atoms with Crippen LogP contribution in [0.15, 0.2) is 47.5 Å². The molecule has 0 saturated heterocycles. The molecule has 6 nitrogen and oxygen atoms in total. The molecule has 1 aromatic heterocycles. The van der Waals surface area contributed by atoms with Gasteiger partial charge in [0.1, 0.15) is 5.82 Å². The van der Waals surface area contributed by atoms with Crippen molar-refractivity contribution in [1.82, 2.24) is 15.3 Å². The van der Waals surface area contributed by atoms with Gasteiger partial charge in [0.25, 0.3) is 5.91 Å². The van der Waals surface area contributed by atoms with Crippen LogP contribution in [0.1, 0.15) is 23.2 Å². The average molecular weight is 329 g/mol. The van der Waals surface area contributed by atoms with Crippen molar-refractivity contribution in [3.63, 3.8) is 0 Å². The van der Waals surface area contributed by atoms with Gasteiger partial charge < -0.3 is 15.4 Å². The van der Waals surface area contributed by atoms with E-state index < -0.39 is 23.0 Å². The Kier molecular flexibility index (Phi) is 4.26. The van der Waals surface area contributed by atoms with E-state index in [1.54, 1.807) is 0 Å². The molecule has 0 unspecified atom stereocenters. The van der Waals surface area contributed by atoms with E-state index in [1.807, 2.05) is 12.2 Å². The van der Waals surface area contributed by atoms with Crippen LogP contribution in [0.3, 0.4) is 0 Å². The van der Waals surface area contributed by atoms with Crippen LogP contribution < -0.4 is 11.0 Å². The van der Waals surface area contributed by atoms with Crippen molar-refractivity contribution < 1.29 is 14.3 Å². The Morgan fingerprint density at radius 3 is 2.67 bits per heavy atom. The average Bonchev–Trinajstić information content (AvgIpc) is 3.04. The number of nitrogens with zero attached hydrogens (tertiary/aromatic N) is 1. The molecule has 7 heteroatoms. The number of aromatic nitrogens is 2. The van der Waals surface area contributed by atoms with E-state index >= 15 is 0 Å². The molecule has 124 valence electrons. The SMILES string of the molecule is O=C(NC1(CO)CC=CC1)c1cc(F)cc(-c2cnc(=O)[nH]c2)c1. The van der Waals surface area contributed by atoms with Crippen LogP contribution >= 0.6 is 0 Å². The van der Waals surface area contributed by atoms with E-state index in [1.165, 1.54) is 24.5 Å². The van der Waals surface area contributed by atoms with Gasteiger partial charge in [-0.2, -0.15) is 0 Å². The van der Waals surface area contributed by atoms with Crippen LogP contribution in [0.4, 0.5) is 4.39 Å². The van der Waals surface area contributed by atoms with Gasteiger partial charge in [-0.25, -0.2) is 14.2 Å². The lowest BCUT2D eigenvalue weighted by Crippen LogP contribution is -2.49. The van der Waals surface area contributed by atoms with Crippen LogP contribution in [-0.2, 0) is 0 Å². The topological polar surface area (TPSA) is 95.1 Å². The number of halogens is 1. The van der Waals surface area contributed by atoms with Crippen molar-refractivity contribution in [3.8, 4) is 11.1 Å². The molecule has 2 aromatic rings. The Bertz CT molecular complexity index is 832. The fourth-order valence-corrected chi connectivity index (χ4v) is 2.67. The van der Waals surface area contributed by atoms with Gasteiger partial charge in [-0.3, -0.25) is 4.79 Å². The number of carbonyl (C=O) groups excluding carboxylic acids is 1. The summed E-state index contributed by atoms with van der Waals surface area (Å²) in [5.41, 5.74) is -0.194. The van der Waals surface area contributed by atoms with Gasteiger partial charge in [-0.1, -0.05) is 12.2 Å². The lowest BCUT2D eigenvalue weighted by Gasteiger charge is -2.28. The zero-order valence-corrected chi connectivity index (χ0v) is 12.8. The minimum atomic E-state index is -0.733. The van der Waals surface area contributed by atoms with Gasteiger partial charge in [0.15, 0.2) is 0 Å². The van der Waals surface area contributed by atoms with E-state index in [-0.39, 0.29) is 12.2 Å². The van der Waals surface area contributed by atoms with Gasteiger partial charge in [0, 0.05) is 23.5 Å². The summed E-state index contributed by atoms with van der Waals surface area (Å²) < 4.78 is 13.9. The standard InChI is InChI=1S/C17H16FN3O3/c18-14-6-11(13-8-19-16(24)20-9-13)5-12(7-14)15(23)21-17(10-22)3-1-2-4-17/h1-2,5-9,22H,3-4,10H2,(H,21,23)(H,19,20,24). The van der Waals surface area contributed by atoms with Crippen LogP contribution in [0.5, 0.6) is 0 Å². The summed E-state index contributed by atoms with van der Waals surface area (Å²) in [6, 6.07) is 3.90. The quantitative estimate of drug-likeness (QED) is 0.739. The first-order valence-electron chi connectivity index (χ1n) is 7.45. The van der Waals surface area contributed by atoms with E-state index in [9.17, 15) is 19.1 Å². The van der Waals surface area contributed by atoms with Crippen LogP contribution in [0.25, 0.3) is 11.1 Å². The summed E-state index contributed by atoms with van der Waals surface area (Å²) in [5.74, 6) is -1.04. The van der Waals surface area contributed by atoms with Crippen molar-refractivity contribution in [1.29, 1.82) is 0 Å². The van der Waals surface area contributed by atoms with Crippen molar-refractivity contribution in [2.24, 2.45) is 0 Å². The molecule has 1 heterocycles. The highest BCUT2D eigenvalue weighted by molar-refractivity contribution is 5.96. The number of nitrogens with one attached hydrogen (secondary N) is 2. The second kappa shape index (κ2) is 6.37. The predicted octanol–water partition coefficient (Wildman–Crippen LogP) is 1.39. The summed E-state index contributed by atoms with van der Waals surface area (Å²) in [4.78, 5) is 29.5. The number of carbonyl (C=O) groups is 1. The predicted molar refractivity (Wildman–Crippen MR) is 85.9 cm³/mol. The highest BCUT2D eigenvalue weighted by Crippen LogP contribution is 2.25. The number of aliphatic hydroxyl groups excluding tert-OH is 1. The van der Waals surface area contributed by atoms with Crippen molar-refractivity contribution in [3.05, 3.63) is 64.6 Å². The fourth-order valence-electron chi connectivity index (χ4n) is 2.67. The summed E-state index contributed by atoms with van der Waals surface area (Å²) in [6.45, 7) is -0.197. The largest absolute Gasteiger partial charge is 0.394 e. The van der Waals surface area contributed by atoms with Gasteiger partial charge in [0.05, 0.1) is 12.1 Å². The number of hydrogen-bond acceptors (Lipinski definition) is 4. The number of H-pyrrole nitrogens is 1. The fraction of sp³-hybridized carbons (Fsp3) is 0.235. The smallest absolute Gasteiger partial charge is 0.344 e. The van der Waals surface area contributed by atoms with Crippen molar-refractivity contribution in [2.75, 3.05) is 6.61 Å². The molecule has 3 N–H and O–H groups in total. The number of hydrogen-bond donors (Lipinski definition) is 3. The minimum absolute atomic E-state index is 0.135. The summed E-state index contributed by atoms with van der Waals surface area (Å²) >= 11 is 0. The minimum Gasteiger partial charge on any atom is -0.394 e. The van der Waals surface area contributed by atoms with Crippen molar-refractivity contribution in [2.45, 2.75) is 18.4 Å². The molecule has 1 aromatic carbocycles. The second-order valence-corrected chi connectivity index (χ2v) is 5.81. The zero-order chi connectivity index (χ0) is 17.2. The number of aliphatic hydroxyl groups is 1. The molecule has 1 aliphatic carbocycles. The van der Waals surface area contributed by atoms with E-state index in [4.69, 9.17) is 0 Å². The van der Waals surface area contributed by atoms with E-state index in [0.29, 0.717) is 24.0 Å². The van der Waals surface area contributed by atoms with Gasteiger partial charge in [-0.15, -0.1) is 0 Å². The Labute approximate surface area is 137 Å². The van der Waals surface area contributed by atoms with E-state index in [0.717, 1.165) is 6.07 Å². The Hall–Kier alpha value is -2.80. The molecular weight excluding hydrogens is 313 g/mol. The molecule has 0 fully saturated rings. The Morgan fingerprint density at radius 2 is 2.04 bits per heavy atom. The molecule has 0 radical (unpaired) electrons. The molecule has 0 bridgehead atoms. The maximum atomic E-state index is 13.9. The molecule has 0 aliphatic heterocycles. The normalized spacial score (nSPS) is 15.4. The molecule has 3 rings (SSSR count). The number of rotatable bonds is 4. The van der Waals surface area contributed by atoms with Crippen molar-refractivity contribution >= 4 is 5.91 Å². The second-order valence-electron chi connectivity index (χ2n) is 5.81. The Balaban J connectivity index is 1.89. The third kappa shape index (κ3) is 3.26. The first-order valence-corrected chi connectivity index (χ1v) is 7.45. The first-order chi connectivity index (χ1) is 11.5. The maximum Gasteiger partial charge on any atom is 0.344 e. The van der Waals surface area contributed by atoms with Gasteiger partial charge in [0.2, 0.25) is 0 Å². The summed E-state index contributed by atoms with van der Waals surface area (Å²) in [7, 11) is 0. The van der Waals surface area contributed by atoms with Crippen LogP contribution in [0.2, 0.25) is 0 Å². The summed E-state index contributed by atoms with van der Waals surface area (Å²) in [5, 5.41) is 12.3. The highest BCUT2D eigenvalue weighted by atomic mass is 19.1. The number of aromatic amines is 1. The highest BCUT2D eigenvalue weighted by Gasteiger charge is 2.32. The molecule has 0 saturated carbocycles. The third-order valence-corrected chi connectivity index (χ3v) is 4.03. The van der Waals surface area contributed by atoms with E-state index in [2.05, 4.69) is 15.3 Å². The monoisotopic (exact) mass is 329 g/mol. The molecule has 24 heavy (non-hydrogen) atoms. The molecule has 1 amide bonds. The van der Waals surface area contributed by atoms with Crippen LogP contribution in [0, 0.1) is 5.82 Å². The number of amides is 1. The molecule has 1 aliphatic rings. The third-order valence-electron chi connectivity index (χ3n) is 4.03. The zero-order valence-electron chi connectivity index (χ0n) is 12.8. The maximum absolute atomic E-state index is 13.9. The molecule has 0 atom stereocenters. The molecular formula is C17H16FN3O3. The van der Waals surface area contributed by atoms with Gasteiger partial charge >= 0.3 is 5.69 Å². The lowest BCUT2D eigenvalue weighted by molar-refractivity contribution is 0.0845. The summed E-state index contributed by atoms with van der Waals surface area (Å²) in [6.07, 6.45) is 7.55. The Morgan fingerprint density at radius 1 is 1.29 bits per heavy atom. The van der Waals surface area contributed by atoms with Crippen LogP contribution in [-0.4, -0.2) is 33.1 Å². The number of benzene rings is 1. The van der Waals surface area contributed by atoms with Gasteiger partial charge in [-0.05, 0) is 36.6 Å². The lowest BCUT2D eigenvalue weighted by atomic mass is 9.96.